The predicted octanol–water partition coefficient (Wildman–Crippen LogP) is 2.57. The first-order valence-electron chi connectivity index (χ1n) is 4.15. The number of hydrogen-bond acceptors (Lipinski definition) is 2. The maximum Gasteiger partial charge on any atom is 0.0991 e. The molecule has 0 aromatic heterocycles. The summed E-state index contributed by atoms with van der Waals surface area (Å²) in [6.07, 6.45) is 3.52. The first kappa shape index (κ1) is 9.34. The van der Waals surface area contributed by atoms with Crippen molar-refractivity contribution < 1.29 is 4.74 Å². The predicted molar refractivity (Wildman–Crippen MR) is 51.8 cm³/mol. The van der Waals surface area contributed by atoms with Crippen LogP contribution in [0, 0.1) is 11.3 Å². The quantitative estimate of drug-likeness (QED) is 0.658. The lowest BCUT2D eigenvalue weighted by atomic mass is 10.1. The van der Waals surface area contributed by atoms with Gasteiger partial charge < -0.3 is 4.74 Å². The van der Waals surface area contributed by atoms with Gasteiger partial charge in [0.2, 0.25) is 0 Å². The molecule has 0 aliphatic carbocycles. The Balaban J connectivity index is 2.65. The second-order valence-electron chi connectivity index (χ2n) is 2.49. The highest BCUT2D eigenvalue weighted by molar-refractivity contribution is 5.49. The molecular formula is C11H11NO. The van der Waals surface area contributed by atoms with E-state index in [0.717, 1.165) is 5.56 Å². The number of ether oxygens (including phenoxy) is 1. The van der Waals surface area contributed by atoms with E-state index in [1.54, 1.807) is 18.4 Å². The van der Waals surface area contributed by atoms with Gasteiger partial charge in [0.15, 0.2) is 0 Å². The van der Waals surface area contributed by atoms with Crippen LogP contribution in [0.15, 0.2) is 30.5 Å². The molecule has 0 fully saturated rings. The monoisotopic (exact) mass is 173 g/mol. The van der Waals surface area contributed by atoms with Crippen molar-refractivity contribution in [3.8, 4) is 6.07 Å². The van der Waals surface area contributed by atoms with Gasteiger partial charge >= 0.3 is 0 Å². The molecule has 0 N–H and O–H groups in total. The molecular weight excluding hydrogens is 162 g/mol. The van der Waals surface area contributed by atoms with Gasteiger partial charge in [0.1, 0.15) is 0 Å². The number of rotatable bonds is 3. The van der Waals surface area contributed by atoms with Gasteiger partial charge in [-0.2, -0.15) is 5.26 Å². The van der Waals surface area contributed by atoms with Gasteiger partial charge in [0.25, 0.3) is 0 Å². The molecule has 0 aliphatic heterocycles. The second kappa shape index (κ2) is 5.00. The summed E-state index contributed by atoms with van der Waals surface area (Å²) in [6, 6.07) is 9.40. The van der Waals surface area contributed by atoms with E-state index < -0.39 is 0 Å². The topological polar surface area (TPSA) is 33.0 Å². The Bertz CT molecular complexity index is 319. The van der Waals surface area contributed by atoms with Crippen LogP contribution < -0.4 is 0 Å². The summed E-state index contributed by atoms with van der Waals surface area (Å²) in [4.78, 5) is 0. The SMILES string of the molecule is CCOC=Cc1ccc(C#N)cc1. The number of benzene rings is 1. The maximum atomic E-state index is 8.55. The summed E-state index contributed by atoms with van der Waals surface area (Å²) in [5, 5.41) is 8.55. The minimum atomic E-state index is 0.673. The van der Waals surface area contributed by atoms with E-state index in [9.17, 15) is 0 Å². The van der Waals surface area contributed by atoms with E-state index in [-0.39, 0.29) is 0 Å². The minimum Gasteiger partial charge on any atom is -0.501 e. The average molecular weight is 173 g/mol. The Labute approximate surface area is 78.1 Å². The maximum absolute atomic E-state index is 8.55. The highest BCUT2D eigenvalue weighted by Gasteiger charge is 1.88. The first-order valence-corrected chi connectivity index (χ1v) is 4.15. The van der Waals surface area contributed by atoms with Gasteiger partial charge in [-0.15, -0.1) is 0 Å². The van der Waals surface area contributed by atoms with Gasteiger partial charge in [0, 0.05) is 0 Å². The fourth-order valence-corrected chi connectivity index (χ4v) is 0.892. The molecule has 0 unspecified atom stereocenters. The first-order chi connectivity index (χ1) is 6.36. The third-order valence-corrected chi connectivity index (χ3v) is 1.56. The van der Waals surface area contributed by atoms with Crippen molar-refractivity contribution in [2.45, 2.75) is 6.92 Å². The molecule has 2 heteroatoms. The molecule has 1 aromatic rings. The fourth-order valence-electron chi connectivity index (χ4n) is 0.892. The highest BCUT2D eigenvalue weighted by atomic mass is 16.5. The van der Waals surface area contributed by atoms with Crippen LogP contribution in [0.4, 0.5) is 0 Å². The van der Waals surface area contributed by atoms with Crippen LogP contribution in [-0.2, 0) is 4.74 Å². The molecule has 1 rings (SSSR count). The number of hydrogen-bond donors (Lipinski definition) is 0. The van der Waals surface area contributed by atoms with Crippen molar-refractivity contribution in [2.24, 2.45) is 0 Å². The molecule has 0 saturated carbocycles. The lowest BCUT2D eigenvalue weighted by Crippen LogP contribution is -1.78. The van der Waals surface area contributed by atoms with Crippen molar-refractivity contribution in [3.05, 3.63) is 41.7 Å². The highest BCUT2D eigenvalue weighted by Crippen LogP contribution is 2.04. The summed E-state index contributed by atoms with van der Waals surface area (Å²) >= 11 is 0. The Morgan fingerprint density at radius 3 is 2.62 bits per heavy atom. The normalized spacial score (nSPS) is 9.85. The van der Waals surface area contributed by atoms with E-state index in [4.69, 9.17) is 10.00 Å². The molecule has 66 valence electrons. The molecule has 0 amide bonds. The molecule has 0 atom stereocenters. The smallest absolute Gasteiger partial charge is 0.0991 e. The molecule has 2 nitrogen and oxygen atoms in total. The van der Waals surface area contributed by atoms with Crippen LogP contribution in [0.3, 0.4) is 0 Å². The molecule has 0 saturated heterocycles. The van der Waals surface area contributed by atoms with Gasteiger partial charge in [-0.05, 0) is 30.7 Å². The fraction of sp³-hybridized carbons (Fsp3) is 0.182. The van der Waals surface area contributed by atoms with E-state index >= 15 is 0 Å². The number of nitrogens with zero attached hydrogens (tertiary/aromatic N) is 1. The lowest BCUT2D eigenvalue weighted by Gasteiger charge is -1.94. The molecule has 1 aromatic carbocycles. The standard InChI is InChI=1S/C11H11NO/c1-2-13-8-7-10-3-5-11(9-12)6-4-10/h3-8H,2H2,1H3. The molecule has 0 radical (unpaired) electrons. The minimum absolute atomic E-state index is 0.673. The second-order valence-corrected chi connectivity index (χ2v) is 2.49. The Hall–Kier alpha value is -1.75. The molecule has 0 bridgehead atoms. The van der Waals surface area contributed by atoms with Gasteiger partial charge in [0.05, 0.1) is 24.5 Å². The largest absolute Gasteiger partial charge is 0.501 e. The van der Waals surface area contributed by atoms with Crippen molar-refractivity contribution in [2.75, 3.05) is 6.61 Å². The third-order valence-electron chi connectivity index (χ3n) is 1.56. The van der Waals surface area contributed by atoms with Gasteiger partial charge in [-0.1, -0.05) is 12.1 Å². The van der Waals surface area contributed by atoms with E-state index in [0.29, 0.717) is 12.2 Å². The Morgan fingerprint density at radius 2 is 2.08 bits per heavy atom. The van der Waals surface area contributed by atoms with Crippen LogP contribution in [0.25, 0.3) is 6.08 Å². The molecule has 13 heavy (non-hydrogen) atoms. The zero-order valence-corrected chi connectivity index (χ0v) is 7.53. The van der Waals surface area contributed by atoms with E-state index in [1.165, 1.54) is 0 Å². The Kier molecular flexibility index (Phi) is 3.59. The summed E-state index contributed by atoms with van der Waals surface area (Å²) in [7, 11) is 0. The third kappa shape index (κ3) is 3.00. The van der Waals surface area contributed by atoms with Crippen LogP contribution in [0.5, 0.6) is 0 Å². The summed E-state index contributed by atoms with van der Waals surface area (Å²) in [5.74, 6) is 0. The van der Waals surface area contributed by atoms with E-state index in [2.05, 4.69) is 6.07 Å². The van der Waals surface area contributed by atoms with Gasteiger partial charge in [-0.25, -0.2) is 0 Å². The zero-order chi connectivity index (χ0) is 9.52. The van der Waals surface area contributed by atoms with Crippen LogP contribution in [-0.4, -0.2) is 6.61 Å². The summed E-state index contributed by atoms with van der Waals surface area (Å²) < 4.78 is 5.05. The lowest BCUT2D eigenvalue weighted by molar-refractivity contribution is 0.272. The molecule has 0 spiro atoms. The molecule has 0 heterocycles. The van der Waals surface area contributed by atoms with Crippen molar-refractivity contribution in [1.29, 1.82) is 5.26 Å². The van der Waals surface area contributed by atoms with Crippen LogP contribution in [0.2, 0.25) is 0 Å². The summed E-state index contributed by atoms with van der Waals surface area (Å²) in [6.45, 7) is 2.61. The molecule has 0 aliphatic rings. The summed E-state index contributed by atoms with van der Waals surface area (Å²) in [5.41, 5.74) is 1.71. The van der Waals surface area contributed by atoms with Crippen molar-refractivity contribution in [1.82, 2.24) is 0 Å². The van der Waals surface area contributed by atoms with Crippen molar-refractivity contribution in [3.63, 3.8) is 0 Å². The van der Waals surface area contributed by atoms with Gasteiger partial charge in [-0.3, -0.25) is 0 Å². The van der Waals surface area contributed by atoms with Crippen LogP contribution >= 0.6 is 0 Å². The van der Waals surface area contributed by atoms with Crippen LogP contribution in [0.1, 0.15) is 18.1 Å². The van der Waals surface area contributed by atoms with E-state index in [1.807, 2.05) is 25.1 Å². The Morgan fingerprint density at radius 1 is 1.38 bits per heavy atom. The van der Waals surface area contributed by atoms with Crippen molar-refractivity contribution >= 4 is 6.08 Å². The zero-order valence-electron chi connectivity index (χ0n) is 7.53. The average Bonchev–Trinajstić information content (AvgIpc) is 2.19. The number of nitriles is 1.